The minimum atomic E-state index is 0.0156. The van der Waals surface area contributed by atoms with E-state index in [4.69, 9.17) is 4.74 Å². The molecule has 1 N–H and O–H groups in total. The number of halogens is 1. The second kappa shape index (κ2) is 4.95. The molecule has 1 aromatic rings. The molecule has 0 radical (unpaired) electrons. The quantitative estimate of drug-likeness (QED) is 0.923. The normalized spacial score (nSPS) is 26.8. The van der Waals surface area contributed by atoms with Crippen molar-refractivity contribution in [1.29, 1.82) is 0 Å². The van der Waals surface area contributed by atoms with Crippen molar-refractivity contribution in [2.75, 3.05) is 13.1 Å². The van der Waals surface area contributed by atoms with Crippen LogP contribution in [0.15, 0.2) is 15.9 Å². The highest BCUT2D eigenvalue weighted by atomic mass is 79.9. The molecule has 2 nitrogen and oxygen atoms in total. The first-order valence-electron chi connectivity index (χ1n) is 5.26. The minimum absolute atomic E-state index is 0.0156. The molecule has 1 saturated heterocycles. The molecule has 15 heavy (non-hydrogen) atoms. The number of rotatable bonds is 3. The van der Waals surface area contributed by atoms with Gasteiger partial charge in [0, 0.05) is 15.9 Å². The molecule has 0 saturated carbocycles. The van der Waals surface area contributed by atoms with E-state index < -0.39 is 0 Å². The topological polar surface area (TPSA) is 21.3 Å². The molecule has 0 bridgehead atoms. The van der Waals surface area contributed by atoms with Gasteiger partial charge in [-0.2, -0.15) is 0 Å². The third-order valence-electron chi connectivity index (χ3n) is 2.80. The lowest BCUT2D eigenvalue weighted by Gasteiger charge is -2.34. The minimum Gasteiger partial charge on any atom is -0.368 e. The Balaban J connectivity index is 1.89. The Labute approximate surface area is 103 Å². The molecule has 1 aliphatic heterocycles. The summed E-state index contributed by atoms with van der Waals surface area (Å²) in [7, 11) is 0. The van der Waals surface area contributed by atoms with Crippen molar-refractivity contribution in [3.8, 4) is 0 Å². The Bertz CT molecular complexity index is 320. The molecular formula is C11H16BrNOS. The molecule has 0 aliphatic carbocycles. The van der Waals surface area contributed by atoms with Crippen LogP contribution < -0.4 is 5.32 Å². The van der Waals surface area contributed by atoms with E-state index in [0.717, 1.165) is 26.1 Å². The second-order valence-corrected chi connectivity index (χ2v) is 6.07. The predicted molar refractivity (Wildman–Crippen MR) is 67.3 cm³/mol. The zero-order chi connectivity index (χ0) is 10.7. The summed E-state index contributed by atoms with van der Waals surface area (Å²) in [4.78, 5) is 1.28. The number of thiophene rings is 1. The van der Waals surface area contributed by atoms with Gasteiger partial charge in [0.25, 0.3) is 0 Å². The number of piperidine rings is 1. The van der Waals surface area contributed by atoms with E-state index in [1.165, 1.54) is 15.8 Å². The second-order valence-electron chi connectivity index (χ2n) is 4.21. The summed E-state index contributed by atoms with van der Waals surface area (Å²) < 4.78 is 7.18. The monoisotopic (exact) mass is 289 g/mol. The molecule has 1 unspecified atom stereocenters. The highest BCUT2D eigenvalue weighted by Gasteiger charge is 2.27. The lowest BCUT2D eigenvalue weighted by molar-refractivity contribution is -0.0562. The fourth-order valence-corrected chi connectivity index (χ4v) is 3.20. The number of nitrogens with one attached hydrogen (secondary N) is 1. The van der Waals surface area contributed by atoms with Gasteiger partial charge in [0.05, 0.1) is 12.2 Å². The molecule has 84 valence electrons. The van der Waals surface area contributed by atoms with Crippen LogP contribution in [0.3, 0.4) is 0 Å². The molecule has 2 heterocycles. The van der Waals surface area contributed by atoms with E-state index in [2.05, 4.69) is 39.6 Å². The molecule has 0 aromatic carbocycles. The maximum Gasteiger partial charge on any atom is 0.0828 e. The van der Waals surface area contributed by atoms with Crippen LogP contribution >= 0.6 is 27.3 Å². The molecule has 2 rings (SSSR count). The molecule has 1 atom stereocenters. The first-order valence-corrected chi connectivity index (χ1v) is 6.93. The van der Waals surface area contributed by atoms with E-state index in [0.29, 0.717) is 0 Å². The zero-order valence-electron chi connectivity index (χ0n) is 8.88. The van der Waals surface area contributed by atoms with Gasteiger partial charge in [-0.15, -0.1) is 11.3 Å². The molecule has 1 aliphatic rings. The molecule has 1 fully saturated rings. The summed E-state index contributed by atoms with van der Waals surface area (Å²) in [5, 5.41) is 5.47. The first kappa shape index (κ1) is 11.6. The van der Waals surface area contributed by atoms with Gasteiger partial charge in [0.2, 0.25) is 0 Å². The van der Waals surface area contributed by atoms with Gasteiger partial charge >= 0.3 is 0 Å². The number of ether oxygens (including phenoxy) is 1. The Morgan fingerprint density at radius 3 is 3.13 bits per heavy atom. The number of hydrogen-bond acceptors (Lipinski definition) is 3. The summed E-state index contributed by atoms with van der Waals surface area (Å²) in [6, 6.07) is 2.07. The van der Waals surface area contributed by atoms with Gasteiger partial charge in [-0.05, 0) is 53.7 Å². The summed E-state index contributed by atoms with van der Waals surface area (Å²) in [6.45, 7) is 5.01. The average Bonchev–Trinajstić information content (AvgIpc) is 2.62. The highest BCUT2D eigenvalue weighted by Crippen LogP contribution is 2.27. The molecule has 4 heteroatoms. The summed E-state index contributed by atoms with van der Waals surface area (Å²) in [6.07, 6.45) is 2.37. The average molecular weight is 290 g/mol. The van der Waals surface area contributed by atoms with Gasteiger partial charge in [-0.1, -0.05) is 0 Å². The Hall–Kier alpha value is 0.1000. The maximum atomic E-state index is 6.01. The summed E-state index contributed by atoms with van der Waals surface area (Å²) in [5.74, 6) is 0. The first-order chi connectivity index (χ1) is 7.20. The largest absolute Gasteiger partial charge is 0.368 e. The van der Waals surface area contributed by atoms with E-state index in [1.54, 1.807) is 11.3 Å². The van der Waals surface area contributed by atoms with Crippen LogP contribution in [0, 0.1) is 0 Å². The molecular weight excluding hydrogens is 274 g/mol. The van der Waals surface area contributed by atoms with Gasteiger partial charge in [-0.25, -0.2) is 0 Å². The highest BCUT2D eigenvalue weighted by molar-refractivity contribution is 9.10. The Morgan fingerprint density at radius 2 is 2.53 bits per heavy atom. The summed E-state index contributed by atoms with van der Waals surface area (Å²) in [5.41, 5.74) is 0.0156. The molecule has 1 aromatic heterocycles. The van der Waals surface area contributed by atoms with E-state index in [1.807, 2.05) is 0 Å². The van der Waals surface area contributed by atoms with Crippen molar-refractivity contribution in [1.82, 2.24) is 5.32 Å². The van der Waals surface area contributed by atoms with Gasteiger partial charge in [-0.3, -0.25) is 0 Å². The lowest BCUT2D eigenvalue weighted by Crippen LogP contribution is -2.45. The predicted octanol–water partition coefficient (Wildman–Crippen LogP) is 3.17. The third-order valence-corrected chi connectivity index (χ3v) is 4.70. The van der Waals surface area contributed by atoms with Crippen LogP contribution in [0.1, 0.15) is 24.6 Å². The SMILES string of the molecule is CC1(OCc2sccc2Br)CCCNC1. The van der Waals surface area contributed by atoms with Crippen LogP contribution in [-0.2, 0) is 11.3 Å². The standard InChI is InChI=1S/C11H16BrNOS/c1-11(4-2-5-13-8-11)14-7-10-9(12)3-6-15-10/h3,6,13H,2,4-5,7-8H2,1H3. The van der Waals surface area contributed by atoms with Crippen LogP contribution in [0.5, 0.6) is 0 Å². The Kier molecular flexibility index (Phi) is 3.83. The fraction of sp³-hybridized carbons (Fsp3) is 0.636. The maximum absolute atomic E-state index is 6.01. The van der Waals surface area contributed by atoms with Crippen molar-refractivity contribution >= 4 is 27.3 Å². The third kappa shape index (κ3) is 3.03. The number of hydrogen-bond donors (Lipinski definition) is 1. The van der Waals surface area contributed by atoms with Crippen molar-refractivity contribution in [2.24, 2.45) is 0 Å². The Morgan fingerprint density at radius 1 is 1.67 bits per heavy atom. The lowest BCUT2D eigenvalue weighted by atomic mass is 9.96. The smallest absolute Gasteiger partial charge is 0.0828 e. The van der Waals surface area contributed by atoms with Crippen molar-refractivity contribution in [3.05, 3.63) is 20.8 Å². The molecule has 0 spiro atoms. The van der Waals surface area contributed by atoms with Gasteiger partial charge in [0.1, 0.15) is 0 Å². The van der Waals surface area contributed by atoms with Crippen LogP contribution in [0.4, 0.5) is 0 Å². The van der Waals surface area contributed by atoms with E-state index >= 15 is 0 Å². The van der Waals surface area contributed by atoms with Crippen LogP contribution in [0.2, 0.25) is 0 Å². The van der Waals surface area contributed by atoms with Crippen molar-refractivity contribution < 1.29 is 4.74 Å². The fourth-order valence-electron chi connectivity index (χ4n) is 1.82. The summed E-state index contributed by atoms with van der Waals surface area (Å²) >= 11 is 5.27. The van der Waals surface area contributed by atoms with Gasteiger partial charge < -0.3 is 10.1 Å². The van der Waals surface area contributed by atoms with Crippen LogP contribution in [0.25, 0.3) is 0 Å². The van der Waals surface area contributed by atoms with Crippen molar-refractivity contribution in [2.45, 2.75) is 32.0 Å². The van der Waals surface area contributed by atoms with E-state index in [-0.39, 0.29) is 5.60 Å². The van der Waals surface area contributed by atoms with Crippen LogP contribution in [-0.4, -0.2) is 18.7 Å². The molecule has 0 amide bonds. The zero-order valence-corrected chi connectivity index (χ0v) is 11.3. The van der Waals surface area contributed by atoms with E-state index in [9.17, 15) is 0 Å². The van der Waals surface area contributed by atoms with Crippen molar-refractivity contribution in [3.63, 3.8) is 0 Å². The van der Waals surface area contributed by atoms with Gasteiger partial charge in [0.15, 0.2) is 0 Å².